The van der Waals surface area contributed by atoms with Crippen molar-refractivity contribution in [3.05, 3.63) is 74.4 Å². The fourth-order valence-corrected chi connectivity index (χ4v) is 4.01. The number of aromatic nitrogens is 4. The van der Waals surface area contributed by atoms with Crippen molar-refractivity contribution in [3.63, 3.8) is 0 Å². The molecule has 0 saturated heterocycles. The molecule has 10 nitrogen and oxygen atoms in total. The molecule has 0 atom stereocenters. The number of fused-ring (bicyclic) bond motifs is 1. The van der Waals surface area contributed by atoms with Gasteiger partial charge in [-0.1, -0.05) is 11.6 Å². The van der Waals surface area contributed by atoms with Crippen LogP contribution in [0.4, 0.5) is 28.0 Å². The van der Waals surface area contributed by atoms with Crippen LogP contribution in [0.3, 0.4) is 0 Å². The molecule has 4 rings (SSSR count). The predicted octanol–water partition coefficient (Wildman–Crippen LogP) is 3.16. The second-order valence-electron chi connectivity index (χ2n) is 8.23. The highest BCUT2D eigenvalue weighted by Gasteiger charge is 2.37. The van der Waals surface area contributed by atoms with Gasteiger partial charge >= 0.3 is 12.3 Å². The minimum absolute atomic E-state index is 0.0727. The third-order valence-electron chi connectivity index (χ3n) is 5.61. The lowest BCUT2D eigenvalue weighted by Crippen LogP contribution is -2.37. The van der Waals surface area contributed by atoms with E-state index in [4.69, 9.17) is 16.3 Å². The van der Waals surface area contributed by atoms with E-state index in [1.54, 1.807) is 4.90 Å². The first-order chi connectivity index (χ1) is 17.4. The second-order valence-corrected chi connectivity index (χ2v) is 8.61. The molecule has 2 aromatic heterocycles. The van der Waals surface area contributed by atoms with E-state index in [-0.39, 0.29) is 42.1 Å². The van der Waals surface area contributed by atoms with Crippen molar-refractivity contribution < 1.29 is 31.9 Å². The van der Waals surface area contributed by atoms with E-state index in [0.29, 0.717) is 5.82 Å². The zero-order valence-electron chi connectivity index (χ0n) is 19.4. The smallest absolute Gasteiger partial charge is 0.417 e. The van der Waals surface area contributed by atoms with Gasteiger partial charge in [0.1, 0.15) is 22.4 Å². The number of rotatable bonds is 5. The molecule has 0 saturated carbocycles. The van der Waals surface area contributed by atoms with Crippen LogP contribution in [0.15, 0.2) is 35.4 Å². The van der Waals surface area contributed by atoms with Crippen molar-refractivity contribution in [1.29, 1.82) is 0 Å². The number of nitrogens with zero attached hydrogens (tertiary/aromatic N) is 6. The lowest BCUT2D eigenvalue weighted by atomic mass is 10.0. The standard InChI is InChI=1S/C22H19ClF4N6O4/c1-30(2)21(36)37-11-33-20(35)18(23)15(9-29-33)31-5-6-32-16(8-28-17(32)10-31)19(34)13-4-3-12(24)7-14(13)22(25,26)27/h3-4,7-9H,5-6,10-11H2,1-2H3. The first-order valence-electron chi connectivity index (χ1n) is 10.7. The molecule has 1 aromatic carbocycles. The molecule has 0 bridgehead atoms. The van der Waals surface area contributed by atoms with Crippen LogP contribution in [-0.4, -0.2) is 56.7 Å². The molecule has 196 valence electrons. The number of hydrogen-bond acceptors (Lipinski definition) is 7. The van der Waals surface area contributed by atoms with Gasteiger partial charge < -0.3 is 19.1 Å². The van der Waals surface area contributed by atoms with Gasteiger partial charge in [-0.05, 0) is 18.2 Å². The minimum atomic E-state index is -4.93. The topological polar surface area (TPSA) is 103 Å². The van der Waals surface area contributed by atoms with Gasteiger partial charge in [-0.3, -0.25) is 9.59 Å². The van der Waals surface area contributed by atoms with E-state index in [0.717, 1.165) is 23.0 Å². The van der Waals surface area contributed by atoms with Gasteiger partial charge in [-0.15, -0.1) is 0 Å². The summed E-state index contributed by atoms with van der Waals surface area (Å²) in [5.41, 5.74) is -2.59. The average molecular weight is 543 g/mol. The van der Waals surface area contributed by atoms with E-state index in [1.165, 1.54) is 29.8 Å². The summed E-state index contributed by atoms with van der Waals surface area (Å²) in [5.74, 6) is -1.72. The number of alkyl halides is 3. The van der Waals surface area contributed by atoms with Crippen molar-refractivity contribution in [2.24, 2.45) is 0 Å². The fourth-order valence-electron chi connectivity index (χ4n) is 3.75. The van der Waals surface area contributed by atoms with Gasteiger partial charge in [0.2, 0.25) is 5.78 Å². The fraction of sp³-hybridized carbons (Fsp3) is 0.318. The number of ketones is 1. The average Bonchev–Trinajstić information content (AvgIpc) is 3.27. The molecule has 1 aliphatic heterocycles. The molecule has 0 spiro atoms. The number of amides is 1. The quantitative estimate of drug-likeness (QED) is 0.360. The molecular weight excluding hydrogens is 524 g/mol. The summed E-state index contributed by atoms with van der Waals surface area (Å²) < 4.78 is 61.0. The SMILES string of the molecule is CN(C)C(=O)OCn1ncc(N2CCn3c(C(=O)c4ccc(F)cc4C(F)(F)F)cnc3C2)c(Cl)c1=O. The monoisotopic (exact) mass is 542 g/mol. The Bertz CT molecular complexity index is 1440. The Kier molecular flexibility index (Phi) is 6.95. The summed E-state index contributed by atoms with van der Waals surface area (Å²) in [6.07, 6.45) is -3.14. The third kappa shape index (κ3) is 5.14. The minimum Gasteiger partial charge on any atom is -0.426 e. The number of halogens is 5. The Morgan fingerprint density at radius 2 is 1.92 bits per heavy atom. The summed E-state index contributed by atoms with van der Waals surface area (Å²) in [4.78, 5) is 44.2. The molecule has 37 heavy (non-hydrogen) atoms. The Morgan fingerprint density at radius 1 is 1.19 bits per heavy atom. The number of imidazole rings is 1. The third-order valence-corrected chi connectivity index (χ3v) is 5.97. The van der Waals surface area contributed by atoms with Crippen LogP contribution in [0, 0.1) is 5.82 Å². The Morgan fingerprint density at radius 3 is 2.59 bits per heavy atom. The number of benzene rings is 1. The summed E-state index contributed by atoms with van der Waals surface area (Å²) >= 11 is 6.26. The van der Waals surface area contributed by atoms with Crippen molar-refractivity contribution in [3.8, 4) is 0 Å². The van der Waals surface area contributed by atoms with Gasteiger partial charge in [0.05, 0.1) is 30.2 Å². The van der Waals surface area contributed by atoms with Gasteiger partial charge in [-0.25, -0.2) is 14.2 Å². The maximum Gasteiger partial charge on any atom is 0.417 e. The molecule has 1 amide bonds. The van der Waals surface area contributed by atoms with E-state index in [1.807, 2.05) is 0 Å². The van der Waals surface area contributed by atoms with E-state index in [9.17, 15) is 31.9 Å². The number of carbonyl (C=O) groups excluding carboxylic acids is 2. The van der Waals surface area contributed by atoms with Crippen molar-refractivity contribution in [1.82, 2.24) is 24.2 Å². The van der Waals surface area contributed by atoms with Crippen LogP contribution in [-0.2, 0) is 30.7 Å². The van der Waals surface area contributed by atoms with Crippen LogP contribution < -0.4 is 10.5 Å². The number of anilines is 1. The molecule has 0 fully saturated rings. The second kappa shape index (κ2) is 9.84. The summed E-state index contributed by atoms with van der Waals surface area (Å²) in [5, 5.41) is 3.79. The molecule has 3 heterocycles. The number of carbonyl (C=O) groups is 2. The summed E-state index contributed by atoms with van der Waals surface area (Å²) in [6, 6.07) is 1.86. The highest BCUT2D eigenvalue weighted by molar-refractivity contribution is 6.33. The molecule has 1 aliphatic rings. The summed E-state index contributed by atoms with van der Waals surface area (Å²) in [6.45, 7) is -0.0171. The molecule has 0 N–H and O–H groups in total. The Hall–Kier alpha value is -3.94. The Labute approximate surface area is 211 Å². The van der Waals surface area contributed by atoms with E-state index < -0.39 is 47.3 Å². The summed E-state index contributed by atoms with van der Waals surface area (Å²) in [7, 11) is 2.95. The van der Waals surface area contributed by atoms with Gasteiger partial charge in [-0.2, -0.15) is 23.0 Å². The van der Waals surface area contributed by atoms with Gasteiger partial charge in [0.15, 0.2) is 6.73 Å². The highest BCUT2D eigenvalue weighted by atomic mass is 35.5. The Balaban J connectivity index is 1.57. The van der Waals surface area contributed by atoms with Crippen molar-refractivity contribution >= 4 is 29.2 Å². The molecule has 0 aliphatic carbocycles. The first kappa shape index (κ1) is 26.1. The zero-order valence-corrected chi connectivity index (χ0v) is 20.2. The molecular formula is C22H19ClF4N6O4. The number of ether oxygens (including phenoxy) is 1. The van der Waals surface area contributed by atoms with Crippen LogP contribution in [0.1, 0.15) is 27.4 Å². The van der Waals surface area contributed by atoms with Crippen molar-refractivity contribution in [2.45, 2.75) is 26.0 Å². The molecule has 0 radical (unpaired) electrons. The van der Waals surface area contributed by atoms with Crippen LogP contribution in [0.25, 0.3) is 0 Å². The maximum atomic E-state index is 13.5. The largest absolute Gasteiger partial charge is 0.426 e. The van der Waals surface area contributed by atoms with Crippen LogP contribution in [0.5, 0.6) is 0 Å². The van der Waals surface area contributed by atoms with Crippen molar-refractivity contribution in [2.75, 3.05) is 25.5 Å². The van der Waals surface area contributed by atoms with Crippen LogP contribution >= 0.6 is 11.6 Å². The van der Waals surface area contributed by atoms with Gasteiger partial charge in [0.25, 0.3) is 5.56 Å². The highest BCUT2D eigenvalue weighted by Crippen LogP contribution is 2.34. The molecule has 0 unspecified atom stereocenters. The predicted molar refractivity (Wildman–Crippen MR) is 122 cm³/mol. The first-order valence-corrected chi connectivity index (χ1v) is 11.1. The lowest BCUT2D eigenvalue weighted by Gasteiger charge is -2.30. The van der Waals surface area contributed by atoms with E-state index in [2.05, 4.69) is 10.1 Å². The number of hydrogen-bond donors (Lipinski definition) is 0. The molecule has 3 aromatic rings. The van der Waals surface area contributed by atoms with Gasteiger partial charge in [0, 0.05) is 32.7 Å². The molecule has 15 heteroatoms. The van der Waals surface area contributed by atoms with E-state index >= 15 is 0 Å². The normalized spacial score (nSPS) is 13.3. The lowest BCUT2D eigenvalue weighted by molar-refractivity contribution is -0.138. The zero-order chi connectivity index (χ0) is 27.1. The maximum absolute atomic E-state index is 13.5. The van der Waals surface area contributed by atoms with Crippen LogP contribution in [0.2, 0.25) is 5.02 Å².